The van der Waals surface area contributed by atoms with Crippen molar-refractivity contribution < 1.29 is 14.2 Å². The fourth-order valence-electron chi connectivity index (χ4n) is 3.48. The first-order valence-electron chi connectivity index (χ1n) is 10.0. The molecule has 0 saturated carbocycles. The standard InChI is InChI=1S/C24H26N4O3/c1-24(2,3)28-21(17-9-7-11-19(13-17)30-5)27-20-22(28)25-15-26-23(20)31-14-16-8-6-10-18(12-16)29-4/h6-13,15H,14H2,1-5H3. The van der Waals surface area contributed by atoms with Crippen LogP contribution in [0.5, 0.6) is 17.4 Å². The van der Waals surface area contributed by atoms with Gasteiger partial charge in [0.25, 0.3) is 0 Å². The van der Waals surface area contributed by atoms with Crippen molar-refractivity contribution in [3.8, 4) is 28.8 Å². The fraction of sp³-hybridized carbons (Fsp3) is 0.292. The summed E-state index contributed by atoms with van der Waals surface area (Å²) in [5.41, 5.74) is 3.01. The smallest absolute Gasteiger partial charge is 0.245 e. The highest BCUT2D eigenvalue weighted by Crippen LogP contribution is 2.34. The van der Waals surface area contributed by atoms with E-state index in [4.69, 9.17) is 19.2 Å². The highest BCUT2D eigenvalue weighted by atomic mass is 16.5. The van der Waals surface area contributed by atoms with Gasteiger partial charge in [-0.3, -0.25) is 0 Å². The molecule has 0 fully saturated rings. The molecule has 7 heteroatoms. The number of fused-ring (bicyclic) bond motifs is 1. The molecule has 0 saturated heterocycles. The Bertz CT molecular complexity index is 1210. The van der Waals surface area contributed by atoms with Crippen molar-refractivity contribution >= 4 is 11.2 Å². The summed E-state index contributed by atoms with van der Waals surface area (Å²) in [5.74, 6) is 2.78. The van der Waals surface area contributed by atoms with Crippen LogP contribution in [0.3, 0.4) is 0 Å². The van der Waals surface area contributed by atoms with E-state index in [0.29, 0.717) is 18.0 Å². The summed E-state index contributed by atoms with van der Waals surface area (Å²) in [6, 6.07) is 15.6. The van der Waals surface area contributed by atoms with E-state index in [2.05, 4.69) is 35.3 Å². The normalized spacial score (nSPS) is 11.5. The lowest BCUT2D eigenvalue weighted by atomic mass is 10.1. The Hall–Kier alpha value is -3.61. The molecule has 4 rings (SSSR count). The molecule has 0 N–H and O–H groups in total. The van der Waals surface area contributed by atoms with Crippen LogP contribution in [0.25, 0.3) is 22.6 Å². The summed E-state index contributed by atoms with van der Waals surface area (Å²) < 4.78 is 18.9. The molecule has 0 atom stereocenters. The number of methoxy groups -OCH3 is 2. The Morgan fingerprint density at radius 2 is 1.61 bits per heavy atom. The minimum atomic E-state index is -0.258. The van der Waals surface area contributed by atoms with E-state index in [-0.39, 0.29) is 5.54 Å². The van der Waals surface area contributed by atoms with Gasteiger partial charge in [0.05, 0.1) is 14.2 Å². The SMILES string of the molecule is COc1cccc(COc2ncnc3c2nc(-c2cccc(OC)c2)n3C(C)(C)C)c1. The van der Waals surface area contributed by atoms with Crippen molar-refractivity contribution in [2.45, 2.75) is 32.9 Å². The number of hydrogen-bond donors (Lipinski definition) is 0. The second-order valence-electron chi connectivity index (χ2n) is 8.16. The Morgan fingerprint density at radius 1 is 0.903 bits per heavy atom. The van der Waals surface area contributed by atoms with Gasteiger partial charge < -0.3 is 18.8 Å². The van der Waals surface area contributed by atoms with Gasteiger partial charge in [0.2, 0.25) is 5.88 Å². The quantitative estimate of drug-likeness (QED) is 0.446. The average Bonchev–Trinajstić information content (AvgIpc) is 3.19. The van der Waals surface area contributed by atoms with Gasteiger partial charge in [-0.25, -0.2) is 9.97 Å². The molecule has 0 radical (unpaired) electrons. The number of benzene rings is 2. The lowest BCUT2D eigenvalue weighted by molar-refractivity contribution is 0.296. The number of aromatic nitrogens is 4. The zero-order valence-corrected chi connectivity index (χ0v) is 18.4. The first-order chi connectivity index (χ1) is 14.9. The Kier molecular flexibility index (Phi) is 5.50. The van der Waals surface area contributed by atoms with Gasteiger partial charge in [-0.05, 0) is 50.6 Å². The Balaban J connectivity index is 1.79. The van der Waals surface area contributed by atoms with E-state index in [1.165, 1.54) is 6.33 Å². The van der Waals surface area contributed by atoms with Crippen LogP contribution in [0.4, 0.5) is 0 Å². The van der Waals surface area contributed by atoms with Crippen LogP contribution in [0.2, 0.25) is 0 Å². The summed E-state index contributed by atoms with van der Waals surface area (Å²) in [6.45, 7) is 6.71. The minimum absolute atomic E-state index is 0.258. The molecule has 160 valence electrons. The first kappa shape index (κ1) is 20.7. The maximum Gasteiger partial charge on any atom is 0.245 e. The lowest BCUT2D eigenvalue weighted by Gasteiger charge is -2.24. The third-order valence-corrected chi connectivity index (χ3v) is 4.92. The summed E-state index contributed by atoms with van der Waals surface area (Å²) >= 11 is 0. The molecule has 0 aliphatic carbocycles. The minimum Gasteiger partial charge on any atom is -0.497 e. The summed E-state index contributed by atoms with van der Waals surface area (Å²) in [7, 11) is 3.30. The van der Waals surface area contributed by atoms with Gasteiger partial charge in [0.15, 0.2) is 11.2 Å². The van der Waals surface area contributed by atoms with Crippen LogP contribution in [0.15, 0.2) is 54.9 Å². The zero-order chi connectivity index (χ0) is 22.0. The second kappa shape index (κ2) is 8.26. The van der Waals surface area contributed by atoms with Crippen molar-refractivity contribution in [3.63, 3.8) is 0 Å². The molecule has 0 bridgehead atoms. The predicted molar refractivity (Wildman–Crippen MR) is 120 cm³/mol. The molecule has 0 aliphatic rings. The van der Waals surface area contributed by atoms with Gasteiger partial charge in [0, 0.05) is 11.1 Å². The molecule has 2 aromatic heterocycles. The number of hydrogen-bond acceptors (Lipinski definition) is 6. The predicted octanol–water partition coefficient (Wildman–Crippen LogP) is 4.84. The van der Waals surface area contributed by atoms with Crippen molar-refractivity contribution in [2.24, 2.45) is 0 Å². The third kappa shape index (κ3) is 4.17. The third-order valence-electron chi connectivity index (χ3n) is 4.92. The molecule has 0 spiro atoms. The van der Waals surface area contributed by atoms with Crippen LogP contribution >= 0.6 is 0 Å². The van der Waals surface area contributed by atoms with Gasteiger partial charge in [-0.1, -0.05) is 24.3 Å². The topological polar surface area (TPSA) is 71.3 Å². The van der Waals surface area contributed by atoms with E-state index in [0.717, 1.165) is 34.1 Å². The molecular formula is C24H26N4O3. The van der Waals surface area contributed by atoms with E-state index in [1.807, 2.05) is 48.5 Å². The first-order valence-corrected chi connectivity index (χ1v) is 10.0. The van der Waals surface area contributed by atoms with Crippen molar-refractivity contribution in [1.29, 1.82) is 0 Å². The zero-order valence-electron chi connectivity index (χ0n) is 18.4. The number of ether oxygens (including phenoxy) is 3. The molecule has 4 aromatic rings. The lowest BCUT2D eigenvalue weighted by Crippen LogP contribution is -2.23. The maximum absolute atomic E-state index is 6.06. The molecule has 31 heavy (non-hydrogen) atoms. The van der Waals surface area contributed by atoms with Crippen LogP contribution in [0, 0.1) is 0 Å². The monoisotopic (exact) mass is 418 g/mol. The van der Waals surface area contributed by atoms with Crippen molar-refractivity contribution in [3.05, 3.63) is 60.4 Å². The number of nitrogens with zero attached hydrogens (tertiary/aromatic N) is 4. The largest absolute Gasteiger partial charge is 0.497 e. The number of imidazole rings is 1. The molecule has 0 amide bonds. The van der Waals surface area contributed by atoms with Crippen LogP contribution in [-0.2, 0) is 12.1 Å². The highest BCUT2D eigenvalue weighted by Gasteiger charge is 2.26. The Morgan fingerprint density at radius 3 is 2.32 bits per heavy atom. The van der Waals surface area contributed by atoms with Crippen LogP contribution in [0.1, 0.15) is 26.3 Å². The van der Waals surface area contributed by atoms with Crippen LogP contribution < -0.4 is 14.2 Å². The van der Waals surface area contributed by atoms with E-state index >= 15 is 0 Å². The van der Waals surface area contributed by atoms with Gasteiger partial charge in [-0.15, -0.1) is 0 Å². The average molecular weight is 418 g/mol. The Labute approximate surface area is 181 Å². The molecule has 2 aromatic carbocycles. The second-order valence-corrected chi connectivity index (χ2v) is 8.16. The van der Waals surface area contributed by atoms with E-state index in [1.54, 1.807) is 14.2 Å². The molecule has 7 nitrogen and oxygen atoms in total. The highest BCUT2D eigenvalue weighted by molar-refractivity contribution is 5.81. The molecule has 0 aliphatic heterocycles. The van der Waals surface area contributed by atoms with Crippen molar-refractivity contribution in [1.82, 2.24) is 19.5 Å². The van der Waals surface area contributed by atoms with Gasteiger partial charge >= 0.3 is 0 Å². The fourth-order valence-corrected chi connectivity index (χ4v) is 3.48. The van der Waals surface area contributed by atoms with Crippen LogP contribution in [-0.4, -0.2) is 33.7 Å². The van der Waals surface area contributed by atoms with Gasteiger partial charge in [0.1, 0.15) is 30.3 Å². The molecule has 0 unspecified atom stereocenters. The van der Waals surface area contributed by atoms with Crippen molar-refractivity contribution in [2.75, 3.05) is 14.2 Å². The summed E-state index contributed by atoms with van der Waals surface area (Å²) in [4.78, 5) is 13.8. The van der Waals surface area contributed by atoms with Gasteiger partial charge in [-0.2, -0.15) is 4.98 Å². The van der Waals surface area contributed by atoms with E-state index in [9.17, 15) is 0 Å². The maximum atomic E-state index is 6.06. The molecular weight excluding hydrogens is 392 g/mol. The number of rotatable bonds is 6. The summed E-state index contributed by atoms with van der Waals surface area (Å²) in [5, 5.41) is 0. The summed E-state index contributed by atoms with van der Waals surface area (Å²) in [6.07, 6.45) is 1.52. The van der Waals surface area contributed by atoms with E-state index < -0.39 is 0 Å². The molecule has 2 heterocycles.